The second kappa shape index (κ2) is 7.06. The number of hydrogen-bond acceptors (Lipinski definition) is 3. The maximum Gasteiger partial charge on any atom is 0.115 e. The van der Waals surface area contributed by atoms with Gasteiger partial charge in [-0.1, -0.05) is 18.2 Å². The molecule has 3 nitrogen and oxygen atoms in total. The van der Waals surface area contributed by atoms with Gasteiger partial charge < -0.3 is 10.4 Å². The van der Waals surface area contributed by atoms with Crippen LogP contribution in [0.4, 0.5) is 0 Å². The molecule has 0 fully saturated rings. The fourth-order valence-electron chi connectivity index (χ4n) is 2.28. The predicted molar refractivity (Wildman–Crippen MR) is 81.7 cm³/mol. The Labute approximate surface area is 120 Å². The molecule has 2 aromatic rings. The maximum absolute atomic E-state index is 9.26. The van der Waals surface area contributed by atoms with Crippen LogP contribution in [-0.2, 0) is 6.42 Å². The van der Waals surface area contributed by atoms with Crippen LogP contribution in [0.2, 0.25) is 0 Å². The molecule has 0 aliphatic rings. The first-order valence-corrected chi connectivity index (χ1v) is 7.09. The van der Waals surface area contributed by atoms with Crippen molar-refractivity contribution in [1.29, 1.82) is 0 Å². The van der Waals surface area contributed by atoms with Crippen LogP contribution in [0.25, 0.3) is 0 Å². The summed E-state index contributed by atoms with van der Waals surface area (Å²) >= 11 is 0. The second-order valence-corrected chi connectivity index (χ2v) is 5.28. The molecule has 20 heavy (non-hydrogen) atoms. The van der Waals surface area contributed by atoms with E-state index in [2.05, 4.69) is 30.2 Å². The molecule has 1 aromatic carbocycles. The first-order chi connectivity index (χ1) is 9.65. The third-order valence-corrected chi connectivity index (χ3v) is 3.52. The summed E-state index contributed by atoms with van der Waals surface area (Å²) in [6.07, 6.45) is 5.78. The molecule has 3 heteroatoms. The minimum Gasteiger partial charge on any atom is -0.508 e. The number of phenolic OH excluding ortho intramolecular Hbond substituents is 1. The molecule has 1 aromatic heterocycles. The van der Waals surface area contributed by atoms with Gasteiger partial charge in [-0.3, -0.25) is 4.98 Å². The molecule has 0 radical (unpaired) electrons. The fraction of sp³-hybridized carbons (Fsp3) is 0.353. The molecule has 1 heterocycles. The predicted octanol–water partition coefficient (Wildman–Crippen LogP) is 3.46. The molecule has 0 saturated heterocycles. The quantitative estimate of drug-likeness (QED) is 0.845. The van der Waals surface area contributed by atoms with Gasteiger partial charge in [-0.15, -0.1) is 0 Å². The molecular formula is C17H22N2O. The van der Waals surface area contributed by atoms with Crippen molar-refractivity contribution in [3.05, 3.63) is 59.9 Å². The fourth-order valence-corrected chi connectivity index (χ4v) is 2.28. The largest absolute Gasteiger partial charge is 0.508 e. The van der Waals surface area contributed by atoms with Crippen molar-refractivity contribution in [2.24, 2.45) is 0 Å². The first kappa shape index (κ1) is 14.5. The SMILES string of the molecule is CC(CCc1ccc(O)cc1)NC(C)c1cccnc1. The lowest BCUT2D eigenvalue weighted by Crippen LogP contribution is -2.29. The smallest absolute Gasteiger partial charge is 0.115 e. The summed E-state index contributed by atoms with van der Waals surface area (Å²) in [5, 5.41) is 12.8. The van der Waals surface area contributed by atoms with Gasteiger partial charge >= 0.3 is 0 Å². The number of aromatic hydroxyl groups is 1. The molecule has 2 N–H and O–H groups in total. The summed E-state index contributed by atoms with van der Waals surface area (Å²) < 4.78 is 0. The van der Waals surface area contributed by atoms with Gasteiger partial charge in [0.25, 0.3) is 0 Å². The number of aromatic nitrogens is 1. The second-order valence-electron chi connectivity index (χ2n) is 5.28. The zero-order valence-corrected chi connectivity index (χ0v) is 12.1. The number of nitrogens with one attached hydrogen (secondary N) is 1. The van der Waals surface area contributed by atoms with E-state index in [9.17, 15) is 5.11 Å². The molecule has 0 bridgehead atoms. The van der Waals surface area contributed by atoms with Crippen LogP contribution in [0.15, 0.2) is 48.8 Å². The zero-order valence-electron chi connectivity index (χ0n) is 12.1. The van der Waals surface area contributed by atoms with Gasteiger partial charge in [0.2, 0.25) is 0 Å². The van der Waals surface area contributed by atoms with E-state index >= 15 is 0 Å². The average molecular weight is 270 g/mol. The van der Waals surface area contributed by atoms with Crippen molar-refractivity contribution < 1.29 is 5.11 Å². The number of pyridine rings is 1. The number of hydrogen-bond donors (Lipinski definition) is 2. The third kappa shape index (κ3) is 4.35. The van der Waals surface area contributed by atoms with Crippen LogP contribution >= 0.6 is 0 Å². The Morgan fingerprint density at radius 1 is 1.15 bits per heavy atom. The van der Waals surface area contributed by atoms with Crippen molar-refractivity contribution in [2.45, 2.75) is 38.8 Å². The summed E-state index contributed by atoms with van der Waals surface area (Å²) in [6, 6.07) is 12.2. The van der Waals surface area contributed by atoms with Crippen molar-refractivity contribution in [1.82, 2.24) is 10.3 Å². The van der Waals surface area contributed by atoms with Crippen LogP contribution in [0, 0.1) is 0 Å². The minimum atomic E-state index is 0.304. The lowest BCUT2D eigenvalue weighted by molar-refractivity contribution is 0.455. The van der Waals surface area contributed by atoms with Crippen LogP contribution in [-0.4, -0.2) is 16.1 Å². The molecule has 106 valence electrons. The summed E-state index contributed by atoms with van der Waals surface area (Å²) in [6.45, 7) is 4.36. The maximum atomic E-state index is 9.26. The standard InChI is InChI=1S/C17H22N2O/c1-13(5-6-15-7-9-17(20)10-8-15)19-14(2)16-4-3-11-18-12-16/h3-4,7-14,19-20H,5-6H2,1-2H3. The average Bonchev–Trinajstić information content (AvgIpc) is 2.47. The lowest BCUT2D eigenvalue weighted by atomic mass is 10.0. The topological polar surface area (TPSA) is 45.1 Å². The van der Waals surface area contributed by atoms with Gasteiger partial charge in [-0.05, 0) is 56.0 Å². The van der Waals surface area contributed by atoms with E-state index < -0.39 is 0 Å². The number of benzene rings is 1. The Kier molecular flexibility index (Phi) is 5.13. The molecule has 0 spiro atoms. The molecule has 0 aliphatic carbocycles. The van der Waals surface area contributed by atoms with Gasteiger partial charge in [0.05, 0.1) is 0 Å². The Bertz CT molecular complexity index is 510. The van der Waals surface area contributed by atoms with Gasteiger partial charge in [0.15, 0.2) is 0 Å². The van der Waals surface area contributed by atoms with Crippen molar-refractivity contribution in [2.75, 3.05) is 0 Å². The minimum absolute atomic E-state index is 0.304. The van der Waals surface area contributed by atoms with E-state index in [1.54, 1.807) is 18.3 Å². The van der Waals surface area contributed by atoms with Crippen LogP contribution in [0.3, 0.4) is 0 Å². The summed E-state index contributed by atoms with van der Waals surface area (Å²) in [5.74, 6) is 0.324. The van der Waals surface area contributed by atoms with E-state index in [1.165, 1.54) is 11.1 Å². The Morgan fingerprint density at radius 2 is 1.90 bits per heavy atom. The molecule has 0 aliphatic heterocycles. The van der Waals surface area contributed by atoms with E-state index in [1.807, 2.05) is 24.4 Å². The Balaban J connectivity index is 1.80. The molecule has 2 rings (SSSR count). The highest BCUT2D eigenvalue weighted by atomic mass is 16.3. The number of phenols is 1. The number of aryl methyl sites for hydroxylation is 1. The Morgan fingerprint density at radius 3 is 2.55 bits per heavy atom. The van der Waals surface area contributed by atoms with Crippen LogP contribution in [0.5, 0.6) is 5.75 Å². The molecular weight excluding hydrogens is 248 g/mol. The van der Waals surface area contributed by atoms with E-state index in [0.29, 0.717) is 17.8 Å². The zero-order chi connectivity index (χ0) is 14.4. The molecule has 0 saturated carbocycles. The lowest BCUT2D eigenvalue weighted by Gasteiger charge is -2.20. The molecule has 2 atom stereocenters. The van der Waals surface area contributed by atoms with Crippen LogP contribution < -0.4 is 5.32 Å². The number of rotatable bonds is 6. The van der Waals surface area contributed by atoms with Gasteiger partial charge in [0.1, 0.15) is 5.75 Å². The summed E-state index contributed by atoms with van der Waals surface area (Å²) in [7, 11) is 0. The first-order valence-electron chi connectivity index (χ1n) is 7.09. The number of nitrogens with zero attached hydrogens (tertiary/aromatic N) is 1. The molecule has 2 unspecified atom stereocenters. The van der Waals surface area contributed by atoms with E-state index in [4.69, 9.17) is 0 Å². The highest BCUT2D eigenvalue weighted by molar-refractivity contribution is 5.26. The molecule has 0 amide bonds. The van der Waals surface area contributed by atoms with E-state index in [0.717, 1.165) is 12.8 Å². The van der Waals surface area contributed by atoms with E-state index in [-0.39, 0.29) is 0 Å². The highest BCUT2D eigenvalue weighted by Gasteiger charge is 2.09. The third-order valence-electron chi connectivity index (χ3n) is 3.52. The van der Waals surface area contributed by atoms with Crippen molar-refractivity contribution in [3.63, 3.8) is 0 Å². The Hall–Kier alpha value is -1.87. The van der Waals surface area contributed by atoms with Crippen LogP contribution in [0.1, 0.15) is 37.4 Å². The van der Waals surface area contributed by atoms with Gasteiger partial charge in [0, 0.05) is 24.5 Å². The normalized spacial score (nSPS) is 13.9. The monoisotopic (exact) mass is 270 g/mol. The highest BCUT2D eigenvalue weighted by Crippen LogP contribution is 2.14. The van der Waals surface area contributed by atoms with Crippen molar-refractivity contribution >= 4 is 0 Å². The van der Waals surface area contributed by atoms with Crippen molar-refractivity contribution in [3.8, 4) is 5.75 Å². The summed E-state index contributed by atoms with van der Waals surface area (Å²) in [5.41, 5.74) is 2.47. The van der Waals surface area contributed by atoms with Gasteiger partial charge in [-0.25, -0.2) is 0 Å². The van der Waals surface area contributed by atoms with Gasteiger partial charge in [-0.2, -0.15) is 0 Å². The summed E-state index contributed by atoms with van der Waals surface area (Å²) in [4.78, 5) is 4.15.